The van der Waals surface area contributed by atoms with E-state index in [2.05, 4.69) is 5.16 Å². The van der Waals surface area contributed by atoms with Gasteiger partial charge < -0.3 is 5.21 Å². The molecule has 12 heavy (non-hydrogen) atoms. The van der Waals surface area contributed by atoms with Crippen molar-refractivity contribution >= 4 is 17.3 Å². The first-order valence-corrected chi connectivity index (χ1v) is 3.54. The molecule has 4 heteroatoms. The average molecular weight is 181 g/mol. The van der Waals surface area contributed by atoms with Gasteiger partial charge in [0.05, 0.1) is 0 Å². The van der Waals surface area contributed by atoms with Gasteiger partial charge in [-0.25, -0.2) is 0 Å². The molecule has 0 atom stereocenters. The molecule has 1 aromatic carbocycles. The number of nitriles is 1. The van der Waals surface area contributed by atoms with Crippen molar-refractivity contribution in [3.8, 4) is 6.07 Å². The Kier molecular flexibility index (Phi) is 2.67. The van der Waals surface area contributed by atoms with Gasteiger partial charge in [-0.05, 0) is 12.1 Å². The maximum absolute atomic E-state index is 8.49. The zero-order chi connectivity index (χ0) is 8.97. The molecule has 0 aromatic heterocycles. The predicted molar refractivity (Wildman–Crippen MR) is 45.4 cm³/mol. The topological polar surface area (TPSA) is 56.4 Å². The van der Waals surface area contributed by atoms with Crippen LogP contribution < -0.4 is 0 Å². The Labute approximate surface area is 74.5 Å². The van der Waals surface area contributed by atoms with E-state index in [0.717, 1.165) is 0 Å². The Hall–Kier alpha value is -1.53. The molecule has 0 aliphatic carbocycles. The first-order valence-electron chi connectivity index (χ1n) is 3.16. The monoisotopic (exact) mass is 180 g/mol. The Bertz CT molecular complexity index is 354. The Balaban J connectivity index is 3.13. The van der Waals surface area contributed by atoms with Crippen LogP contribution in [0.3, 0.4) is 0 Å². The third kappa shape index (κ3) is 1.74. The van der Waals surface area contributed by atoms with Crippen LogP contribution >= 0.6 is 11.6 Å². The molecule has 1 aromatic rings. The van der Waals surface area contributed by atoms with Crippen LogP contribution in [0.2, 0.25) is 5.02 Å². The summed E-state index contributed by atoms with van der Waals surface area (Å²) in [7, 11) is 0. The van der Waals surface area contributed by atoms with Crippen LogP contribution in [0.15, 0.2) is 29.4 Å². The molecule has 60 valence electrons. The lowest BCUT2D eigenvalue weighted by Crippen LogP contribution is -1.95. The van der Waals surface area contributed by atoms with Crippen LogP contribution in [0.25, 0.3) is 0 Å². The summed E-state index contributed by atoms with van der Waals surface area (Å²) >= 11 is 5.66. The van der Waals surface area contributed by atoms with Crippen LogP contribution in [-0.2, 0) is 0 Å². The number of hydrogen-bond donors (Lipinski definition) is 1. The summed E-state index contributed by atoms with van der Waals surface area (Å²) in [5, 5.41) is 20.2. The zero-order valence-corrected chi connectivity index (χ0v) is 6.78. The molecular weight excluding hydrogens is 176 g/mol. The number of benzene rings is 1. The molecule has 1 N–H and O–H groups in total. The van der Waals surface area contributed by atoms with Gasteiger partial charge in [-0.1, -0.05) is 28.9 Å². The van der Waals surface area contributed by atoms with Gasteiger partial charge >= 0.3 is 0 Å². The summed E-state index contributed by atoms with van der Waals surface area (Å²) in [5.74, 6) is 0. The van der Waals surface area contributed by atoms with Crippen molar-refractivity contribution in [1.82, 2.24) is 0 Å². The third-order valence-corrected chi connectivity index (χ3v) is 1.54. The molecular formula is C8H5ClN2O. The SMILES string of the molecule is N#C/C(=N\O)c1cccc(Cl)c1. The summed E-state index contributed by atoms with van der Waals surface area (Å²) in [6, 6.07) is 8.29. The zero-order valence-electron chi connectivity index (χ0n) is 6.03. The van der Waals surface area contributed by atoms with Gasteiger partial charge in [-0.2, -0.15) is 5.26 Å². The number of rotatable bonds is 1. The van der Waals surface area contributed by atoms with Gasteiger partial charge in [0.2, 0.25) is 0 Å². The van der Waals surface area contributed by atoms with Crippen molar-refractivity contribution in [1.29, 1.82) is 5.26 Å². The highest BCUT2D eigenvalue weighted by molar-refractivity contribution is 6.31. The van der Waals surface area contributed by atoms with E-state index in [1.54, 1.807) is 30.3 Å². The van der Waals surface area contributed by atoms with E-state index in [0.29, 0.717) is 10.6 Å². The van der Waals surface area contributed by atoms with Gasteiger partial charge in [-0.15, -0.1) is 0 Å². The molecule has 0 saturated heterocycles. The van der Waals surface area contributed by atoms with E-state index in [-0.39, 0.29) is 5.71 Å². The molecule has 3 nitrogen and oxygen atoms in total. The smallest absolute Gasteiger partial charge is 0.186 e. The summed E-state index contributed by atoms with van der Waals surface area (Å²) < 4.78 is 0. The normalized spacial score (nSPS) is 10.8. The molecule has 0 spiro atoms. The van der Waals surface area contributed by atoms with Crippen molar-refractivity contribution in [3.05, 3.63) is 34.9 Å². The predicted octanol–water partition coefficient (Wildman–Crippen LogP) is 2.04. The lowest BCUT2D eigenvalue weighted by molar-refractivity contribution is 0.320. The molecule has 0 saturated carbocycles. The van der Waals surface area contributed by atoms with Gasteiger partial charge in [0.1, 0.15) is 6.07 Å². The Morgan fingerprint density at radius 1 is 1.58 bits per heavy atom. The maximum Gasteiger partial charge on any atom is 0.186 e. The second kappa shape index (κ2) is 3.74. The standard InChI is InChI=1S/C8H5ClN2O/c9-7-3-1-2-6(4-7)8(5-10)11-12/h1-4,12H/b11-8+. The van der Waals surface area contributed by atoms with Crippen LogP contribution in [-0.4, -0.2) is 10.9 Å². The van der Waals surface area contributed by atoms with Crippen molar-refractivity contribution in [2.45, 2.75) is 0 Å². The minimum absolute atomic E-state index is 0.0440. The van der Waals surface area contributed by atoms with E-state index >= 15 is 0 Å². The van der Waals surface area contributed by atoms with Crippen molar-refractivity contribution in [3.63, 3.8) is 0 Å². The highest BCUT2D eigenvalue weighted by Gasteiger charge is 2.01. The summed E-state index contributed by atoms with van der Waals surface area (Å²) in [4.78, 5) is 0. The van der Waals surface area contributed by atoms with E-state index in [1.165, 1.54) is 0 Å². The second-order valence-corrected chi connectivity index (χ2v) is 2.51. The maximum atomic E-state index is 8.49. The Morgan fingerprint density at radius 3 is 2.83 bits per heavy atom. The van der Waals surface area contributed by atoms with Crippen molar-refractivity contribution in [2.75, 3.05) is 0 Å². The van der Waals surface area contributed by atoms with E-state index in [1.807, 2.05) is 0 Å². The molecule has 0 unspecified atom stereocenters. The summed E-state index contributed by atoms with van der Waals surface area (Å²) in [5.41, 5.74) is 0.463. The fraction of sp³-hybridized carbons (Fsp3) is 0. The van der Waals surface area contributed by atoms with Gasteiger partial charge in [-0.3, -0.25) is 0 Å². The molecule has 0 aliphatic rings. The summed E-state index contributed by atoms with van der Waals surface area (Å²) in [6.07, 6.45) is 0. The second-order valence-electron chi connectivity index (χ2n) is 2.07. The highest BCUT2D eigenvalue weighted by atomic mass is 35.5. The largest absolute Gasteiger partial charge is 0.410 e. The number of nitrogens with zero attached hydrogens (tertiary/aromatic N) is 2. The van der Waals surface area contributed by atoms with Crippen LogP contribution in [0, 0.1) is 11.3 Å². The molecule has 0 heterocycles. The lowest BCUT2D eigenvalue weighted by Gasteiger charge is -1.94. The minimum atomic E-state index is -0.0440. The van der Waals surface area contributed by atoms with Gasteiger partial charge in [0.25, 0.3) is 0 Å². The first kappa shape index (κ1) is 8.57. The van der Waals surface area contributed by atoms with Crippen LogP contribution in [0.5, 0.6) is 0 Å². The number of oxime groups is 1. The molecule has 0 amide bonds. The fourth-order valence-corrected chi connectivity index (χ4v) is 0.971. The Morgan fingerprint density at radius 2 is 2.33 bits per heavy atom. The molecule has 0 fully saturated rings. The van der Waals surface area contributed by atoms with Crippen LogP contribution in [0.1, 0.15) is 5.56 Å². The number of hydrogen-bond acceptors (Lipinski definition) is 3. The van der Waals surface area contributed by atoms with Crippen molar-refractivity contribution in [2.24, 2.45) is 5.16 Å². The fourth-order valence-electron chi connectivity index (χ4n) is 0.780. The third-order valence-electron chi connectivity index (χ3n) is 1.30. The highest BCUT2D eigenvalue weighted by Crippen LogP contribution is 2.11. The lowest BCUT2D eigenvalue weighted by atomic mass is 10.1. The first-order chi connectivity index (χ1) is 5.77. The minimum Gasteiger partial charge on any atom is -0.410 e. The van der Waals surface area contributed by atoms with E-state index < -0.39 is 0 Å². The molecule has 0 aliphatic heterocycles. The van der Waals surface area contributed by atoms with Gasteiger partial charge in [0.15, 0.2) is 5.71 Å². The van der Waals surface area contributed by atoms with E-state index in [4.69, 9.17) is 22.1 Å². The number of halogens is 1. The molecule has 0 bridgehead atoms. The molecule has 1 rings (SSSR count). The van der Waals surface area contributed by atoms with E-state index in [9.17, 15) is 0 Å². The quantitative estimate of drug-likeness (QED) is 0.409. The van der Waals surface area contributed by atoms with Crippen LogP contribution in [0.4, 0.5) is 0 Å². The molecule has 0 radical (unpaired) electrons. The van der Waals surface area contributed by atoms with Crippen molar-refractivity contribution < 1.29 is 5.21 Å². The van der Waals surface area contributed by atoms with Gasteiger partial charge in [0, 0.05) is 10.6 Å². The summed E-state index contributed by atoms with van der Waals surface area (Å²) in [6.45, 7) is 0. The average Bonchev–Trinajstić information content (AvgIpc) is 2.07.